The van der Waals surface area contributed by atoms with Crippen LogP contribution in [-0.2, 0) is 4.74 Å². The summed E-state index contributed by atoms with van der Waals surface area (Å²) in [5, 5.41) is 0. The quantitative estimate of drug-likeness (QED) is 0.806. The molecule has 0 aliphatic rings. The summed E-state index contributed by atoms with van der Waals surface area (Å²) in [5.41, 5.74) is 1.95. The van der Waals surface area contributed by atoms with Gasteiger partial charge in [0, 0.05) is 0 Å². The van der Waals surface area contributed by atoms with Gasteiger partial charge in [0.15, 0.2) is 5.69 Å². The van der Waals surface area contributed by atoms with Crippen molar-refractivity contribution in [3.63, 3.8) is 0 Å². The van der Waals surface area contributed by atoms with Gasteiger partial charge in [-0.05, 0) is 31.9 Å². The summed E-state index contributed by atoms with van der Waals surface area (Å²) < 4.78 is 20.1. The lowest BCUT2D eigenvalue weighted by molar-refractivity contribution is 0.0506. The van der Waals surface area contributed by atoms with Crippen molar-refractivity contribution in [2.75, 3.05) is 6.61 Å². The highest BCUT2D eigenvalue weighted by Gasteiger charge is 2.24. The summed E-state index contributed by atoms with van der Waals surface area (Å²) in [4.78, 5) is 15.4. The normalized spacial score (nSPS) is 12.2. The first-order chi connectivity index (χ1) is 9.56. The van der Waals surface area contributed by atoms with Crippen LogP contribution in [0, 0.1) is 12.9 Å². The summed E-state index contributed by atoms with van der Waals surface area (Å²) in [6, 6.07) is 7.57. The first-order valence-electron chi connectivity index (χ1n) is 6.51. The van der Waals surface area contributed by atoms with Crippen LogP contribution in [0.15, 0.2) is 30.6 Å². The molecule has 0 saturated heterocycles. The predicted molar refractivity (Wildman–Crippen MR) is 73.1 cm³/mol. The molecule has 0 amide bonds. The van der Waals surface area contributed by atoms with Crippen molar-refractivity contribution >= 4 is 5.97 Å². The number of hydrogen-bond acceptors (Lipinski definition) is 3. The summed E-state index contributed by atoms with van der Waals surface area (Å²) >= 11 is 0. The largest absolute Gasteiger partial charge is 0.461 e. The van der Waals surface area contributed by atoms with Gasteiger partial charge in [0.1, 0.15) is 0 Å². The minimum absolute atomic E-state index is 0.136. The van der Waals surface area contributed by atoms with E-state index in [1.165, 1.54) is 10.9 Å². The third-order valence-corrected chi connectivity index (χ3v) is 3.27. The van der Waals surface area contributed by atoms with Crippen molar-refractivity contribution in [1.29, 1.82) is 0 Å². The number of hydrogen-bond donors (Lipinski definition) is 0. The van der Waals surface area contributed by atoms with E-state index in [1.54, 1.807) is 6.92 Å². The van der Waals surface area contributed by atoms with E-state index >= 15 is 0 Å². The number of esters is 1. The van der Waals surface area contributed by atoms with E-state index in [0.29, 0.717) is 0 Å². The fourth-order valence-corrected chi connectivity index (χ4v) is 2.23. The first-order valence-corrected chi connectivity index (χ1v) is 6.51. The highest BCUT2D eigenvalue weighted by molar-refractivity contribution is 5.87. The van der Waals surface area contributed by atoms with Crippen LogP contribution >= 0.6 is 0 Å². The minimum atomic E-state index is -0.802. The van der Waals surface area contributed by atoms with Gasteiger partial charge in [-0.25, -0.2) is 9.78 Å². The molecule has 106 valence electrons. The molecule has 0 unspecified atom stereocenters. The Morgan fingerprint density at radius 3 is 2.80 bits per heavy atom. The average Bonchev–Trinajstić information content (AvgIpc) is 2.81. The number of carbonyl (C=O) groups is 1. The molecule has 0 aliphatic heterocycles. The van der Waals surface area contributed by atoms with E-state index in [0.717, 1.165) is 11.1 Å². The molecule has 20 heavy (non-hydrogen) atoms. The van der Waals surface area contributed by atoms with Crippen molar-refractivity contribution < 1.29 is 13.9 Å². The van der Waals surface area contributed by atoms with Crippen LogP contribution in [0.3, 0.4) is 0 Å². The molecule has 2 rings (SSSR count). The van der Waals surface area contributed by atoms with Crippen molar-refractivity contribution in [3.05, 3.63) is 53.4 Å². The molecule has 4 nitrogen and oxygen atoms in total. The lowest BCUT2D eigenvalue weighted by Gasteiger charge is -2.18. The number of carbonyl (C=O) groups excluding carboxylic acids is 1. The number of imidazole rings is 1. The van der Waals surface area contributed by atoms with Crippen LogP contribution in [0.5, 0.6) is 0 Å². The number of aryl methyl sites for hydroxylation is 1. The molecule has 0 fully saturated rings. The van der Waals surface area contributed by atoms with E-state index in [1.807, 2.05) is 38.1 Å². The maximum absolute atomic E-state index is 13.7. The molecule has 1 heterocycles. The Hall–Kier alpha value is -2.17. The molecule has 1 atom stereocenters. The molecule has 5 heteroatoms. The van der Waals surface area contributed by atoms with Crippen LogP contribution in [0.2, 0.25) is 0 Å². The predicted octanol–water partition coefficient (Wildman–Crippen LogP) is 3.12. The highest BCUT2D eigenvalue weighted by atomic mass is 19.1. The molecule has 2 aromatic rings. The molecule has 0 N–H and O–H groups in total. The lowest BCUT2D eigenvalue weighted by atomic mass is 10.0. The van der Waals surface area contributed by atoms with Gasteiger partial charge < -0.3 is 9.30 Å². The summed E-state index contributed by atoms with van der Waals surface area (Å²) in [5.74, 6) is -1.49. The van der Waals surface area contributed by atoms with Crippen molar-refractivity contribution in [1.82, 2.24) is 9.55 Å². The third kappa shape index (κ3) is 2.57. The second-order valence-corrected chi connectivity index (χ2v) is 4.54. The molecule has 0 bridgehead atoms. The third-order valence-electron chi connectivity index (χ3n) is 3.27. The highest BCUT2D eigenvalue weighted by Crippen LogP contribution is 2.24. The second-order valence-electron chi connectivity index (χ2n) is 4.54. The van der Waals surface area contributed by atoms with Gasteiger partial charge in [-0.15, -0.1) is 0 Å². The lowest BCUT2D eigenvalue weighted by Crippen LogP contribution is -2.17. The van der Waals surface area contributed by atoms with Crippen LogP contribution in [0.25, 0.3) is 0 Å². The van der Waals surface area contributed by atoms with Crippen molar-refractivity contribution in [3.8, 4) is 0 Å². The Morgan fingerprint density at radius 2 is 2.15 bits per heavy atom. The zero-order chi connectivity index (χ0) is 14.7. The van der Waals surface area contributed by atoms with Crippen LogP contribution in [-0.4, -0.2) is 22.1 Å². The Kier molecular flexibility index (Phi) is 4.17. The Balaban J connectivity index is 2.43. The number of ether oxygens (including phenoxy) is 1. The topological polar surface area (TPSA) is 44.1 Å². The number of rotatable bonds is 4. The Labute approximate surface area is 117 Å². The number of aromatic nitrogens is 2. The molecule has 1 aromatic heterocycles. The van der Waals surface area contributed by atoms with E-state index in [9.17, 15) is 9.18 Å². The van der Waals surface area contributed by atoms with Gasteiger partial charge >= 0.3 is 5.97 Å². The van der Waals surface area contributed by atoms with Crippen LogP contribution < -0.4 is 0 Å². The molecule has 0 radical (unpaired) electrons. The van der Waals surface area contributed by atoms with Gasteiger partial charge in [0.05, 0.1) is 19.0 Å². The van der Waals surface area contributed by atoms with Gasteiger partial charge in [-0.2, -0.15) is 4.39 Å². The standard InChI is InChI=1S/C15H17FN2O2/c1-4-20-15(19)13-14(16)17-9-18(13)11(3)12-8-6-5-7-10(12)2/h5-9,11H,4H2,1-3H3/t11-/m1/s1. The molecule has 0 saturated carbocycles. The van der Waals surface area contributed by atoms with E-state index < -0.39 is 11.9 Å². The zero-order valence-electron chi connectivity index (χ0n) is 11.8. The molecule has 1 aromatic carbocycles. The minimum Gasteiger partial charge on any atom is -0.461 e. The first kappa shape index (κ1) is 14.2. The maximum atomic E-state index is 13.7. The van der Waals surface area contributed by atoms with Crippen LogP contribution in [0.1, 0.15) is 41.5 Å². The van der Waals surface area contributed by atoms with E-state index in [2.05, 4.69) is 4.98 Å². The van der Waals surface area contributed by atoms with Gasteiger partial charge in [0.2, 0.25) is 5.95 Å². The Bertz CT molecular complexity index is 622. The molecular formula is C15H17FN2O2. The van der Waals surface area contributed by atoms with Crippen molar-refractivity contribution in [2.24, 2.45) is 0 Å². The van der Waals surface area contributed by atoms with E-state index in [-0.39, 0.29) is 18.3 Å². The van der Waals surface area contributed by atoms with Gasteiger partial charge in [-0.1, -0.05) is 24.3 Å². The summed E-state index contributed by atoms with van der Waals surface area (Å²) in [7, 11) is 0. The summed E-state index contributed by atoms with van der Waals surface area (Å²) in [6.45, 7) is 5.75. The number of nitrogens with zero attached hydrogens (tertiary/aromatic N) is 2. The number of halogens is 1. The van der Waals surface area contributed by atoms with Crippen LogP contribution in [0.4, 0.5) is 4.39 Å². The maximum Gasteiger partial charge on any atom is 0.359 e. The van der Waals surface area contributed by atoms with Crippen molar-refractivity contribution in [2.45, 2.75) is 26.8 Å². The van der Waals surface area contributed by atoms with Gasteiger partial charge in [0.25, 0.3) is 0 Å². The second kappa shape index (κ2) is 5.86. The fraction of sp³-hybridized carbons (Fsp3) is 0.333. The molecule has 0 spiro atoms. The SMILES string of the molecule is CCOC(=O)c1c(F)ncn1[C@H](C)c1ccccc1C. The molecule has 0 aliphatic carbocycles. The summed E-state index contributed by atoms with van der Waals surface area (Å²) in [6.07, 6.45) is 1.33. The van der Waals surface area contributed by atoms with Gasteiger partial charge in [-0.3, -0.25) is 0 Å². The smallest absolute Gasteiger partial charge is 0.359 e. The monoisotopic (exact) mass is 276 g/mol. The average molecular weight is 276 g/mol. The van der Waals surface area contributed by atoms with E-state index in [4.69, 9.17) is 4.74 Å². The zero-order valence-corrected chi connectivity index (χ0v) is 11.8. The number of benzene rings is 1. The fourth-order valence-electron chi connectivity index (χ4n) is 2.23. The molecular weight excluding hydrogens is 259 g/mol. The Morgan fingerprint density at radius 1 is 1.45 bits per heavy atom.